The Bertz CT molecular complexity index is 483. The minimum absolute atomic E-state index is 0.204. The van der Waals surface area contributed by atoms with Crippen LogP contribution in [-0.2, 0) is 12.3 Å². The van der Waals surface area contributed by atoms with Crippen molar-refractivity contribution >= 4 is 17.7 Å². The van der Waals surface area contributed by atoms with Gasteiger partial charge in [0, 0.05) is 18.9 Å². The van der Waals surface area contributed by atoms with Gasteiger partial charge in [-0.3, -0.25) is 0 Å². The highest BCUT2D eigenvalue weighted by Crippen LogP contribution is 2.18. The second kappa shape index (κ2) is 6.36. The van der Waals surface area contributed by atoms with Gasteiger partial charge in [-0.15, -0.1) is 10.2 Å². The van der Waals surface area contributed by atoms with Crippen molar-refractivity contribution in [2.75, 3.05) is 12.3 Å². The van der Waals surface area contributed by atoms with Crippen LogP contribution in [0.4, 0.5) is 5.95 Å². The van der Waals surface area contributed by atoms with Crippen molar-refractivity contribution in [2.24, 2.45) is 0 Å². The Morgan fingerprint density at radius 3 is 3.06 bits per heavy atom. The van der Waals surface area contributed by atoms with Crippen LogP contribution in [0.1, 0.15) is 18.5 Å². The lowest BCUT2D eigenvalue weighted by Crippen LogP contribution is -2.05. The van der Waals surface area contributed by atoms with Gasteiger partial charge in [-0.25, -0.2) is 9.78 Å². The molecule has 0 aliphatic carbocycles. The fraction of sp³-hybridized carbons (Fsp3) is 0.556. The first-order valence-electron chi connectivity index (χ1n) is 5.58. The van der Waals surface area contributed by atoms with E-state index in [4.69, 9.17) is 10.8 Å². The third-order valence-electron chi connectivity index (χ3n) is 2.31. The molecule has 0 amide bonds. The first-order chi connectivity index (χ1) is 8.79. The van der Waals surface area contributed by atoms with Gasteiger partial charge in [-0.1, -0.05) is 17.0 Å². The first kappa shape index (κ1) is 12.8. The number of aryl methyl sites for hydroxylation is 1. The SMILES string of the molecule is Nc1nc(SCc2cnnn2CCCCO)n[nH]1. The minimum atomic E-state index is 0.204. The second-order valence-corrected chi connectivity index (χ2v) is 4.61. The molecule has 0 radical (unpaired) electrons. The number of nitrogen functional groups attached to an aromatic ring is 1. The van der Waals surface area contributed by atoms with Crippen LogP contribution in [0.5, 0.6) is 0 Å². The van der Waals surface area contributed by atoms with E-state index in [1.807, 2.05) is 4.68 Å². The zero-order valence-corrected chi connectivity index (χ0v) is 10.6. The van der Waals surface area contributed by atoms with E-state index in [0.717, 1.165) is 25.1 Å². The molecule has 8 nitrogen and oxygen atoms in total. The summed E-state index contributed by atoms with van der Waals surface area (Å²) in [6, 6.07) is 0. The van der Waals surface area contributed by atoms with Crippen molar-refractivity contribution in [1.82, 2.24) is 30.2 Å². The molecule has 2 rings (SSSR count). The van der Waals surface area contributed by atoms with Gasteiger partial charge in [0.25, 0.3) is 0 Å². The lowest BCUT2D eigenvalue weighted by atomic mass is 10.3. The number of aromatic nitrogens is 6. The highest BCUT2D eigenvalue weighted by atomic mass is 32.2. The number of unbranched alkanes of at least 4 members (excludes halogenated alkanes) is 1. The molecule has 2 aromatic heterocycles. The normalized spacial score (nSPS) is 10.9. The smallest absolute Gasteiger partial charge is 0.216 e. The maximum Gasteiger partial charge on any atom is 0.216 e. The fourth-order valence-electron chi connectivity index (χ4n) is 1.41. The van der Waals surface area contributed by atoms with Gasteiger partial charge in [0.15, 0.2) is 0 Å². The van der Waals surface area contributed by atoms with Crippen molar-refractivity contribution in [3.8, 4) is 0 Å². The molecule has 9 heteroatoms. The number of hydrogen-bond acceptors (Lipinski definition) is 7. The number of anilines is 1. The summed E-state index contributed by atoms with van der Waals surface area (Å²) in [7, 11) is 0. The van der Waals surface area contributed by atoms with Crippen LogP contribution < -0.4 is 5.73 Å². The standard InChI is InChI=1S/C9H15N7OS/c10-8-12-9(14-13-8)18-6-7-5-11-15-16(7)3-1-2-4-17/h5,17H,1-4,6H2,(H3,10,12,13,14). The van der Waals surface area contributed by atoms with Crippen molar-refractivity contribution < 1.29 is 5.11 Å². The predicted octanol–water partition coefficient (Wildman–Crippen LogP) is 0.0432. The molecular formula is C9H15N7OS. The summed E-state index contributed by atoms with van der Waals surface area (Å²) in [5, 5.41) is 23.8. The Labute approximate surface area is 108 Å². The number of aliphatic hydroxyl groups is 1. The van der Waals surface area contributed by atoms with Gasteiger partial charge in [-0.2, -0.15) is 4.98 Å². The number of rotatable bonds is 7. The van der Waals surface area contributed by atoms with E-state index < -0.39 is 0 Å². The van der Waals surface area contributed by atoms with E-state index in [-0.39, 0.29) is 6.61 Å². The van der Waals surface area contributed by atoms with Crippen LogP contribution in [0, 0.1) is 0 Å². The van der Waals surface area contributed by atoms with Gasteiger partial charge < -0.3 is 10.8 Å². The number of nitrogens with zero attached hydrogens (tertiary/aromatic N) is 5. The lowest BCUT2D eigenvalue weighted by molar-refractivity contribution is 0.279. The quantitative estimate of drug-likeness (QED) is 0.479. The van der Waals surface area contributed by atoms with Crippen LogP contribution in [0.25, 0.3) is 0 Å². The molecule has 18 heavy (non-hydrogen) atoms. The Hall–Kier alpha value is -1.61. The number of thioether (sulfide) groups is 1. The van der Waals surface area contributed by atoms with Crippen molar-refractivity contribution in [3.63, 3.8) is 0 Å². The molecule has 0 aliphatic heterocycles. The number of nitrogens with one attached hydrogen (secondary N) is 1. The molecule has 0 aliphatic rings. The maximum atomic E-state index is 8.74. The molecular weight excluding hydrogens is 254 g/mol. The van der Waals surface area contributed by atoms with Gasteiger partial charge in [0.05, 0.1) is 11.9 Å². The van der Waals surface area contributed by atoms with Crippen molar-refractivity contribution in [1.29, 1.82) is 0 Å². The summed E-state index contributed by atoms with van der Waals surface area (Å²) in [6.07, 6.45) is 3.37. The van der Waals surface area contributed by atoms with E-state index in [2.05, 4.69) is 25.5 Å². The Morgan fingerprint density at radius 2 is 2.33 bits per heavy atom. The third kappa shape index (κ3) is 3.44. The van der Waals surface area contributed by atoms with E-state index in [1.54, 1.807) is 6.20 Å². The Balaban J connectivity index is 1.87. The van der Waals surface area contributed by atoms with Crippen molar-refractivity contribution in [2.45, 2.75) is 30.3 Å². The molecule has 4 N–H and O–H groups in total. The number of nitrogens with two attached hydrogens (primary N) is 1. The molecule has 2 heterocycles. The average molecular weight is 269 g/mol. The molecule has 0 fully saturated rings. The van der Waals surface area contributed by atoms with Crippen LogP contribution in [0.15, 0.2) is 11.4 Å². The summed E-state index contributed by atoms with van der Waals surface area (Å²) in [5.74, 6) is 0.996. The molecule has 98 valence electrons. The number of H-pyrrole nitrogens is 1. The van der Waals surface area contributed by atoms with Crippen LogP contribution in [-0.4, -0.2) is 41.9 Å². The van der Waals surface area contributed by atoms with E-state index in [9.17, 15) is 0 Å². The van der Waals surface area contributed by atoms with Gasteiger partial charge >= 0.3 is 0 Å². The second-order valence-electron chi connectivity index (χ2n) is 3.67. The summed E-state index contributed by atoms with van der Waals surface area (Å²) in [6.45, 7) is 0.960. The van der Waals surface area contributed by atoms with Gasteiger partial charge in [0.2, 0.25) is 11.1 Å². The fourth-order valence-corrected chi connectivity index (χ4v) is 2.19. The number of aliphatic hydroxyl groups excluding tert-OH is 1. The molecule has 0 atom stereocenters. The van der Waals surface area contributed by atoms with Crippen LogP contribution in [0.2, 0.25) is 0 Å². The molecule has 0 bridgehead atoms. The van der Waals surface area contributed by atoms with Gasteiger partial charge in [0.1, 0.15) is 0 Å². The maximum absolute atomic E-state index is 8.74. The molecule has 2 aromatic rings. The highest BCUT2D eigenvalue weighted by molar-refractivity contribution is 7.98. The van der Waals surface area contributed by atoms with E-state index in [1.165, 1.54) is 11.8 Å². The van der Waals surface area contributed by atoms with Crippen LogP contribution in [0.3, 0.4) is 0 Å². The van der Waals surface area contributed by atoms with Gasteiger partial charge in [-0.05, 0) is 12.8 Å². The zero-order valence-electron chi connectivity index (χ0n) is 9.78. The predicted molar refractivity (Wildman–Crippen MR) is 66.7 cm³/mol. The molecule has 0 saturated heterocycles. The molecule has 0 saturated carbocycles. The third-order valence-corrected chi connectivity index (χ3v) is 3.19. The topological polar surface area (TPSA) is 119 Å². The first-order valence-corrected chi connectivity index (χ1v) is 6.57. The summed E-state index contributed by atoms with van der Waals surface area (Å²) >= 11 is 1.47. The lowest BCUT2D eigenvalue weighted by Gasteiger charge is -2.03. The zero-order chi connectivity index (χ0) is 12.8. The largest absolute Gasteiger partial charge is 0.396 e. The summed E-state index contributed by atoms with van der Waals surface area (Å²) < 4.78 is 1.83. The number of hydrogen-bond donors (Lipinski definition) is 3. The molecule has 0 spiro atoms. The Morgan fingerprint density at radius 1 is 1.44 bits per heavy atom. The highest BCUT2D eigenvalue weighted by Gasteiger charge is 2.07. The van der Waals surface area contributed by atoms with Crippen molar-refractivity contribution in [3.05, 3.63) is 11.9 Å². The minimum Gasteiger partial charge on any atom is -0.396 e. The van der Waals surface area contributed by atoms with E-state index >= 15 is 0 Å². The van der Waals surface area contributed by atoms with Crippen LogP contribution >= 0.6 is 11.8 Å². The summed E-state index contributed by atoms with van der Waals surface area (Å²) in [5.41, 5.74) is 6.44. The summed E-state index contributed by atoms with van der Waals surface area (Å²) in [4.78, 5) is 4.01. The monoisotopic (exact) mass is 269 g/mol. The molecule has 0 aromatic carbocycles. The Kier molecular flexibility index (Phi) is 4.53. The average Bonchev–Trinajstić information content (AvgIpc) is 2.96. The molecule has 0 unspecified atom stereocenters. The van der Waals surface area contributed by atoms with E-state index in [0.29, 0.717) is 16.9 Å². The number of aromatic amines is 1.